The summed E-state index contributed by atoms with van der Waals surface area (Å²) in [6.45, 7) is 2.52. The fraction of sp³-hybridized carbons (Fsp3) is 0.643. The average molecular weight is 293 g/mol. The quantitative estimate of drug-likeness (QED) is 0.873. The number of amides is 1. The van der Waals surface area contributed by atoms with Crippen LogP contribution in [0.2, 0.25) is 0 Å². The van der Waals surface area contributed by atoms with Crippen molar-refractivity contribution in [2.75, 3.05) is 26.7 Å². The Morgan fingerprint density at radius 2 is 2.19 bits per heavy atom. The van der Waals surface area contributed by atoms with E-state index in [1.165, 1.54) is 6.07 Å². The van der Waals surface area contributed by atoms with Crippen molar-refractivity contribution in [2.24, 2.45) is 5.92 Å². The van der Waals surface area contributed by atoms with Crippen LogP contribution in [-0.4, -0.2) is 64.7 Å². The van der Waals surface area contributed by atoms with Crippen molar-refractivity contribution in [3.63, 3.8) is 0 Å². The first-order valence-corrected chi connectivity index (χ1v) is 7.26. The van der Waals surface area contributed by atoms with E-state index in [4.69, 9.17) is 5.11 Å². The number of aromatic carboxylic acids is 1. The molecule has 0 aromatic carbocycles. The summed E-state index contributed by atoms with van der Waals surface area (Å²) in [5.74, 6) is -1.26. The van der Waals surface area contributed by atoms with Gasteiger partial charge in [0.2, 0.25) is 5.76 Å². The molecule has 1 N–H and O–H groups in total. The van der Waals surface area contributed by atoms with Crippen LogP contribution in [0.4, 0.5) is 0 Å². The summed E-state index contributed by atoms with van der Waals surface area (Å²) in [7, 11) is 2.14. The third kappa shape index (κ3) is 2.65. The SMILES string of the molecule is CN1CCCC2CN(C(=O)c3cc(C(=O)O)on3)CCC21. The zero-order valence-corrected chi connectivity index (χ0v) is 12.0. The standard InChI is InChI=1S/C14H19N3O4/c1-16-5-2-3-9-8-17(6-4-11(9)16)13(18)10-7-12(14(19)20)21-15-10/h7,9,11H,2-6,8H2,1H3,(H,19,20). The van der Waals surface area contributed by atoms with Gasteiger partial charge in [0.05, 0.1) is 0 Å². The van der Waals surface area contributed by atoms with Gasteiger partial charge in [-0.15, -0.1) is 0 Å². The summed E-state index contributed by atoms with van der Waals surface area (Å²) in [4.78, 5) is 27.3. The van der Waals surface area contributed by atoms with Gasteiger partial charge in [-0.05, 0) is 38.8 Å². The fourth-order valence-electron chi connectivity index (χ4n) is 3.48. The maximum absolute atomic E-state index is 12.4. The van der Waals surface area contributed by atoms with Gasteiger partial charge < -0.3 is 19.4 Å². The number of fused-ring (bicyclic) bond motifs is 1. The Balaban J connectivity index is 1.69. The number of rotatable bonds is 2. The smallest absolute Gasteiger partial charge is 0.374 e. The number of aromatic nitrogens is 1. The zero-order valence-electron chi connectivity index (χ0n) is 12.0. The zero-order chi connectivity index (χ0) is 15.0. The average Bonchev–Trinajstić information content (AvgIpc) is 2.96. The van der Waals surface area contributed by atoms with E-state index in [0.29, 0.717) is 25.0 Å². The summed E-state index contributed by atoms with van der Waals surface area (Å²) < 4.78 is 4.66. The first kappa shape index (κ1) is 14.1. The van der Waals surface area contributed by atoms with E-state index in [2.05, 4.69) is 21.6 Å². The van der Waals surface area contributed by atoms with Crippen LogP contribution in [0.5, 0.6) is 0 Å². The molecule has 2 atom stereocenters. The van der Waals surface area contributed by atoms with Crippen LogP contribution in [0, 0.1) is 5.92 Å². The molecular formula is C14H19N3O4. The van der Waals surface area contributed by atoms with Crippen LogP contribution in [0.1, 0.15) is 40.3 Å². The molecule has 114 valence electrons. The molecule has 7 heteroatoms. The molecule has 2 aliphatic rings. The Hall–Kier alpha value is -1.89. The Labute approximate surface area is 122 Å². The molecule has 1 amide bonds. The van der Waals surface area contributed by atoms with Crippen molar-refractivity contribution in [2.45, 2.75) is 25.3 Å². The van der Waals surface area contributed by atoms with Gasteiger partial charge in [0.15, 0.2) is 5.69 Å². The van der Waals surface area contributed by atoms with E-state index >= 15 is 0 Å². The van der Waals surface area contributed by atoms with Gasteiger partial charge in [-0.25, -0.2) is 4.79 Å². The van der Waals surface area contributed by atoms with Gasteiger partial charge in [-0.2, -0.15) is 0 Å². The molecule has 3 heterocycles. The second kappa shape index (κ2) is 5.48. The van der Waals surface area contributed by atoms with Gasteiger partial charge in [-0.1, -0.05) is 5.16 Å². The Morgan fingerprint density at radius 3 is 2.90 bits per heavy atom. The highest BCUT2D eigenvalue weighted by Gasteiger charge is 2.36. The van der Waals surface area contributed by atoms with E-state index in [0.717, 1.165) is 25.8 Å². The van der Waals surface area contributed by atoms with Crippen molar-refractivity contribution < 1.29 is 19.2 Å². The van der Waals surface area contributed by atoms with Gasteiger partial charge in [0, 0.05) is 25.2 Å². The van der Waals surface area contributed by atoms with Crippen LogP contribution in [0.25, 0.3) is 0 Å². The third-order valence-corrected chi connectivity index (χ3v) is 4.57. The molecule has 2 aliphatic heterocycles. The molecule has 21 heavy (non-hydrogen) atoms. The highest BCUT2D eigenvalue weighted by atomic mass is 16.5. The largest absolute Gasteiger partial charge is 0.475 e. The van der Waals surface area contributed by atoms with Gasteiger partial charge in [0.25, 0.3) is 5.91 Å². The summed E-state index contributed by atoms with van der Waals surface area (Å²) in [6, 6.07) is 1.75. The van der Waals surface area contributed by atoms with Crippen molar-refractivity contribution in [1.82, 2.24) is 15.0 Å². The van der Waals surface area contributed by atoms with E-state index in [1.807, 2.05) is 0 Å². The molecule has 7 nitrogen and oxygen atoms in total. The minimum Gasteiger partial charge on any atom is -0.475 e. The molecule has 0 bridgehead atoms. The maximum atomic E-state index is 12.4. The number of carboxylic acid groups (broad SMARTS) is 1. The number of hydrogen-bond donors (Lipinski definition) is 1. The van der Waals surface area contributed by atoms with Crippen LogP contribution < -0.4 is 0 Å². The van der Waals surface area contributed by atoms with Crippen LogP contribution in [-0.2, 0) is 0 Å². The van der Waals surface area contributed by atoms with Gasteiger partial charge in [0.1, 0.15) is 0 Å². The monoisotopic (exact) mass is 293 g/mol. The van der Waals surface area contributed by atoms with E-state index in [1.54, 1.807) is 4.90 Å². The number of carbonyl (C=O) groups is 2. The number of carboxylic acids is 1. The second-order valence-corrected chi connectivity index (χ2v) is 5.87. The van der Waals surface area contributed by atoms with Crippen LogP contribution in [0.15, 0.2) is 10.6 Å². The maximum Gasteiger partial charge on any atom is 0.374 e. The Bertz CT molecular complexity index is 556. The van der Waals surface area contributed by atoms with Crippen LogP contribution >= 0.6 is 0 Å². The molecule has 0 radical (unpaired) electrons. The number of piperidine rings is 2. The van der Waals surface area contributed by atoms with E-state index < -0.39 is 5.97 Å². The molecule has 3 rings (SSSR count). The number of nitrogens with zero attached hydrogens (tertiary/aromatic N) is 3. The fourth-order valence-corrected chi connectivity index (χ4v) is 3.48. The Kier molecular flexibility index (Phi) is 3.67. The third-order valence-electron chi connectivity index (χ3n) is 4.57. The second-order valence-electron chi connectivity index (χ2n) is 5.87. The first-order chi connectivity index (χ1) is 10.1. The van der Waals surface area contributed by atoms with Crippen molar-refractivity contribution in [3.8, 4) is 0 Å². The number of hydrogen-bond acceptors (Lipinski definition) is 5. The predicted octanol–water partition coefficient (Wildman–Crippen LogP) is 0.929. The summed E-state index contributed by atoms with van der Waals surface area (Å²) >= 11 is 0. The van der Waals surface area contributed by atoms with Crippen LogP contribution in [0.3, 0.4) is 0 Å². The molecular weight excluding hydrogens is 274 g/mol. The predicted molar refractivity (Wildman–Crippen MR) is 73.1 cm³/mol. The molecule has 0 saturated carbocycles. The minimum absolute atomic E-state index is 0.0787. The molecule has 0 spiro atoms. The van der Waals surface area contributed by atoms with Gasteiger partial charge >= 0.3 is 5.97 Å². The molecule has 2 fully saturated rings. The van der Waals surface area contributed by atoms with Crippen molar-refractivity contribution in [3.05, 3.63) is 17.5 Å². The summed E-state index contributed by atoms with van der Waals surface area (Å²) in [6.07, 6.45) is 3.25. The minimum atomic E-state index is -1.21. The highest BCUT2D eigenvalue weighted by molar-refractivity contribution is 5.94. The van der Waals surface area contributed by atoms with Crippen molar-refractivity contribution >= 4 is 11.9 Å². The number of carbonyl (C=O) groups excluding carboxylic acids is 1. The highest BCUT2D eigenvalue weighted by Crippen LogP contribution is 2.30. The number of likely N-dealkylation sites (tertiary alicyclic amines) is 2. The lowest BCUT2D eigenvalue weighted by atomic mass is 9.84. The molecule has 1 aromatic rings. The molecule has 2 unspecified atom stereocenters. The van der Waals surface area contributed by atoms with Crippen molar-refractivity contribution in [1.29, 1.82) is 0 Å². The molecule has 0 aliphatic carbocycles. The first-order valence-electron chi connectivity index (χ1n) is 7.26. The summed E-state index contributed by atoms with van der Waals surface area (Å²) in [5.41, 5.74) is 0.0787. The van der Waals surface area contributed by atoms with E-state index in [9.17, 15) is 9.59 Å². The Morgan fingerprint density at radius 1 is 1.38 bits per heavy atom. The lowest BCUT2D eigenvalue weighted by Gasteiger charge is -2.45. The normalized spacial score (nSPS) is 26.4. The lowest BCUT2D eigenvalue weighted by molar-refractivity contribution is 0.0310. The topological polar surface area (TPSA) is 86.9 Å². The van der Waals surface area contributed by atoms with E-state index in [-0.39, 0.29) is 17.4 Å². The summed E-state index contributed by atoms with van der Waals surface area (Å²) in [5, 5.41) is 12.4. The molecule has 1 aromatic heterocycles. The van der Waals surface area contributed by atoms with Gasteiger partial charge in [-0.3, -0.25) is 4.79 Å². The lowest BCUT2D eigenvalue weighted by Crippen LogP contribution is -2.53. The molecule has 2 saturated heterocycles.